The summed E-state index contributed by atoms with van der Waals surface area (Å²) < 4.78 is 0. The Morgan fingerprint density at radius 3 is 2.50 bits per heavy atom. The van der Waals surface area contributed by atoms with E-state index >= 15 is 0 Å². The molecule has 0 unspecified atom stereocenters. The molecule has 4 nitrogen and oxygen atoms in total. The summed E-state index contributed by atoms with van der Waals surface area (Å²) in [5, 5.41) is 0. The van der Waals surface area contributed by atoms with E-state index in [4.69, 9.17) is 0 Å². The first-order chi connectivity index (χ1) is 9.74. The third-order valence-corrected chi connectivity index (χ3v) is 4.02. The monoisotopic (exact) mass is 268 g/mol. The van der Waals surface area contributed by atoms with Crippen molar-refractivity contribution < 1.29 is 0 Å². The highest BCUT2D eigenvalue weighted by Gasteiger charge is 2.22. The van der Waals surface area contributed by atoms with Crippen molar-refractivity contribution in [1.82, 2.24) is 15.0 Å². The molecule has 1 saturated heterocycles. The number of aromatic nitrogens is 3. The van der Waals surface area contributed by atoms with Crippen molar-refractivity contribution in [2.24, 2.45) is 0 Å². The molecular formula is C16H20N4. The lowest BCUT2D eigenvalue weighted by Crippen LogP contribution is -2.34. The molecule has 104 valence electrons. The van der Waals surface area contributed by atoms with Crippen LogP contribution in [0.4, 0.5) is 5.82 Å². The maximum atomic E-state index is 4.65. The van der Waals surface area contributed by atoms with Gasteiger partial charge in [0.05, 0.1) is 11.4 Å². The standard InChI is InChI=1S/C16H20N4/c1-12-11-18-13(2)16(19-12)20-9-5-15(6-10-20)14-3-7-17-8-4-14/h3-4,7-8,11,15H,5-6,9-10H2,1-2H3. The van der Waals surface area contributed by atoms with Crippen LogP contribution in [0.15, 0.2) is 30.7 Å². The molecule has 0 aromatic carbocycles. The molecule has 0 radical (unpaired) electrons. The molecule has 0 atom stereocenters. The van der Waals surface area contributed by atoms with Gasteiger partial charge in [-0.05, 0) is 50.3 Å². The zero-order chi connectivity index (χ0) is 13.9. The van der Waals surface area contributed by atoms with Crippen molar-refractivity contribution in [3.63, 3.8) is 0 Å². The molecule has 0 saturated carbocycles. The second-order valence-electron chi connectivity index (χ2n) is 5.46. The highest BCUT2D eigenvalue weighted by molar-refractivity contribution is 5.44. The van der Waals surface area contributed by atoms with Crippen LogP contribution < -0.4 is 4.90 Å². The van der Waals surface area contributed by atoms with Crippen molar-refractivity contribution >= 4 is 5.82 Å². The van der Waals surface area contributed by atoms with Crippen LogP contribution in [0, 0.1) is 13.8 Å². The summed E-state index contributed by atoms with van der Waals surface area (Å²) >= 11 is 0. The largest absolute Gasteiger partial charge is 0.355 e. The molecule has 20 heavy (non-hydrogen) atoms. The second kappa shape index (κ2) is 5.57. The average Bonchev–Trinajstić information content (AvgIpc) is 2.51. The number of hydrogen-bond donors (Lipinski definition) is 0. The summed E-state index contributed by atoms with van der Waals surface area (Å²) in [5.41, 5.74) is 3.42. The van der Waals surface area contributed by atoms with E-state index in [1.54, 1.807) is 0 Å². The van der Waals surface area contributed by atoms with Crippen molar-refractivity contribution in [3.8, 4) is 0 Å². The summed E-state index contributed by atoms with van der Waals surface area (Å²) in [6.07, 6.45) is 7.94. The number of piperidine rings is 1. The Bertz CT molecular complexity index is 574. The Labute approximate surface area is 119 Å². The molecule has 0 bridgehead atoms. The van der Waals surface area contributed by atoms with Gasteiger partial charge in [0.25, 0.3) is 0 Å². The highest BCUT2D eigenvalue weighted by Crippen LogP contribution is 2.30. The quantitative estimate of drug-likeness (QED) is 0.840. The van der Waals surface area contributed by atoms with E-state index in [0.717, 1.165) is 30.3 Å². The van der Waals surface area contributed by atoms with Gasteiger partial charge in [-0.25, -0.2) is 4.98 Å². The summed E-state index contributed by atoms with van der Waals surface area (Å²) in [6, 6.07) is 4.27. The third-order valence-electron chi connectivity index (χ3n) is 4.02. The van der Waals surface area contributed by atoms with Gasteiger partial charge in [-0.1, -0.05) is 0 Å². The predicted octanol–water partition coefficient (Wildman–Crippen LogP) is 2.87. The number of anilines is 1. The minimum atomic E-state index is 0.646. The Hall–Kier alpha value is -1.97. The van der Waals surface area contributed by atoms with Gasteiger partial charge >= 0.3 is 0 Å². The minimum Gasteiger partial charge on any atom is -0.355 e. The molecule has 4 heteroatoms. The van der Waals surface area contributed by atoms with E-state index in [1.165, 1.54) is 18.4 Å². The van der Waals surface area contributed by atoms with Gasteiger partial charge in [0, 0.05) is 31.7 Å². The van der Waals surface area contributed by atoms with Gasteiger partial charge < -0.3 is 4.90 Å². The lowest BCUT2D eigenvalue weighted by molar-refractivity contribution is 0.501. The first kappa shape index (κ1) is 13.0. The number of hydrogen-bond acceptors (Lipinski definition) is 4. The van der Waals surface area contributed by atoms with Crippen LogP contribution >= 0.6 is 0 Å². The van der Waals surface area contributed by atoms with Gasteiger partial charge in [-0.15, -0.1) is 0 Å². The maximum absolute atomic E-state index is 4.65. The number of nitrogens with zero attached hydrogens (tertiary/aromatic N) is 4. The smallest absolute Gasteiger partial charge is 0.150 e. The first-order valence-electron chi connectivity index (χ1n) is 7.19. The van der Waals surface area contributed by atoms with Crippen molar-refractivity contribution in [2.75, 3.05) is 18.0 Å². The molecule has 0 aliphatic carbocycles. The van der Waals surface area contributed by atoms with Crippen LogP contribution in [0.2, 0.25) is 0 Å². The lowest BCUT2D eigenvalue weighted by Gasteiger charge is -2.33. The van der Waals surface area contributed by atoms with Crippen LogP contribution in [0.1, 0.15) is 35.7 Å². The lowest BCUT2D eigenvalue weighted by atomic mass is 9.90. The Balaban J connectivity index is 1.71. The van der Waals surface area contributed by atoms with E-state index in [2.05, 4.69) is 32.0 Å². The van der Waals surface area contributed by atoms with Gasteiger partial charge in [0.1, 0.15) is 5.82 Å². The summed E-state index contributed by atoms with van der Waals surface area (Å²) in [5.74, 6) is 1.70. The van der Waals surface area contributed by atoms with Gasteiger partial charge in [-0.3, -0.25) is 9.97 Å². The summed E-state index contributed by atoms with van der Waals surface area (Å²) in [6.45, 7) is 6.13. The fourth-order valence-corrected chi connectivity index (χ4v) is 2.88. The van der Waals surface area contributed by atoms with E-state index in [-0.39, 0.29) is 0 Å². The van der Waals surface area contributed by atoms with E-state index in [1.807, 2.05) is 32.4 Å². The average molecular weight is 268 g/mol. The van der Waals surface area contributed by atoms with Crippen LogP contribution in [0.5, 0.6) is 0 Å². The molecule has 0 amide bonds. The van der Waals surface area contributed by atoms with Crippen LogP contribution in [-0.4, -0.2) is 28.0 Å². The highest BCUT2D eigenvalue weighted by atomic mass is 15.2. The third kappa shape index (κ3) is 2.64. The van der Waals surface area contributed by atoms with E-state index in [9.17, 15) is 0 Å². The molecule has 3 heterocycles. The molecule has 0 spiro atoms. The first-order valence-corrected chi connectivity index (χ1v) is 7.19. The molecule has 3 rings (SSSR count). The van der Waals surface area contributed by atoms with Gasteiger partial charge in [0.15, 0.2) is 0 Å². The number of aryl methyl sites for hydroxylation is 2. The van der Waals surface area contributed by atoms with Gasteiger partial charge in [0.2, 0.25) is 0 Å². The predicted molar refractivity (Wildman–Crippen MR) is 79.9 cm³/mol. The fourth-order valence-electron chi connectivity index (χ4n) is 2.88. The molecule has 1 aliphatic rings. The molecule has 0 N–H and O–H groups in total. The Morgan fingerprint density at radius 2 is 1.80 bits per heavy atom. The second-order valence-corrected chi connectivity index (χ2v) is 5.46. The number of rotatable bonds is 2. The fraction of sp³-hybridized carbons (Fsp3) is 0.438. The Kier molecular flexibility index (Phi) is 3.63. The summed E-state index contributed by atoms with van der Waals surface area (Å²) in [7, 11) is 0. The maximum Gasteiger partial charge on any atom is 0.150 e. The van der Waals surface area contributed by atoms with Crippen LogP contribution in [0.3, 0.4) is 0 Å². The molecule has 2 aromatic heterocycles. The molecule has 2 aromatic rings. The summed E-state index contributed by atoms with van der Waals surface area (Å²) in [4.78, 5) is 15.5. The van der Waals surface area contributed by atoms with Crippen molar-refractivity contribution in [1.29, 1.82) is 0 Å². The van der Waals surface area contributed by atoms with Crippen LogP contribution in [0.25, 0.3) is 0 Å². The topological polar surface area (TPSA) is 41.9 Å². The van der Waals surface area contributed by atoms with Gasteiger partial charge in [-0.2, -0.15) is 0 Å². The van der Waals surface area contributed by atoms with Crippen LogP contribution in [-0.2, 0) is 0 Å². The normalized spacial score (nSPS) is 16.4. The zero-order valence-electron chi connectivity index (χ0n) is 12.1. The van der Waals surface area contributed by atoms with Crippen molar-refractivity contribution in [2.45, 2.75) is 32.6 Å². The van der Waals surface area contributed by atoms with E-state index in [0.29, 0.717) is 5.92 Å². The zero-order valence-corrected chi connectivity index (χ0v) is 12.1. The molecular weight excluding hydrogens is 248 g/mol. The SMILES string of the molecule is Cc1cnc(C)c(N2CCC(c3ccncc3)CC2)n1. The number of pyridine rings is 1. The molecule has 1 fully saturated rings. The van der Waals surface area contributed by atoms with E-state index < -0.39 is 0 Å². The van der Waals surface area contributed by atoms with Crippen molar-refractivity contribution in [3.05, 3.63) is 47.7 Å². The Morgan fingerprint density at radius 1 is 1.10 bits per heavy atom. The minimum absolute atomic E-state index is 0.646. The molecule has 1 aliphatic heterocycles.